The van der Waals surface area contributed by atoms with Crippen molar-refractivity contribution in [1.82, 2.24) is 0 Å². The topological polar surface area (TPSA) is 27.7 Å². The maximum atomic E-state index is 6.35. The number of hydrogen-bond acceptors (Lipinski definition) is 3. The van der Waals surface area contributed by atoms with Gasteiger partial charge in [0.15, 0.2) is 0 Å². The molecule has 5 heteroatoms. The first-order chi connectivity index (χ1) is 12.5. The van der Waals surface area contributed by atoms with Crippen LogP contribution in [0.1, 0.15) is 16.7 Å². The summed E-state index contributed by atoms with van der Waals surface area (Å²) in [5.41, 5.74) is 3.15. The first-order valence-corrected chi connectivity index (χ1v) is 10.9. The number of para-hydroxylation sites is 3. The van der Waals surface area contributed by atoms with E-state index < -0.39 is 7.82 Å². The Morgan fingerprint density at radius 1 is 0.538 bits per heavy atom. The van der Waals surface area contributed by atoms with Crippen molar-refractivity contribution in [2.45, 2.75) is 20.8 Å². The van der Waals surface area contributed by atoms with Gasteiger partial charge in [-0.3, -0.25) is 0 Å². The van der Waals surface area contributed by atoms with E-state index in [0.717, 1.165) is 33.9 Å². The predicted octanol–water partition coefficient (Wildman–Crippen LogP) is 5.19. The standard InChI is InChI=1S/C21H24BO3P/c1-16-10-4-7-13-19(16)23-26(22,24-20-14-8-5-11-17(20)2)25-21-15-9-6-12-18(21)3/h4-15,26H,22H2,1-3H3. The summed E-state index contributed by atoms with van der Waals surface area (Å²) >= 11 is 0. The fraction of sp³-hybridized carbons (Fsp3) is 0.143. The van der Waals surface area contributed by atoms with Crippen LogP contribution < -0.4 is 13.6 Å². The van der Waals surface area contributed by atoms with E-state index in [2.05, 4.69) is 0 Å². The fourth-order valence-corrected chi connectivity index (χ4v) is 4.69. The molecule has 0 bridgehead atoms. The molecule has 0 aromatic heterocycles. The normalized spacial score (nSPS) is 11.7. The van der Waals surface area contributed by atoms with E-state index >= 15 is 0 Å². The molecule has 3 aromatic carbocycles. The molecule has 3 aromatic rings. The molecule has 26 heavy (non-hydrogen) atoms. The van der Waals surface area contributed by atoms with Crippen molar-refractivity contribution in [2.24, 2.45) is 0 Å². The molecule has 3 nitrogen and oxygen atoms in total. The van der Waals surface area contributed by atoms with Crippen LogP contribution in [0, 0.1) is 20.8 Å². The van der Waals surface area contributed by atoms with Crippen LogP contribution in [0.15, 0.2) is 72.8 Å². The zero-order valence-corrected chi connectivity index (χ0v) is 16.7. The van der Waals surface area contributed by atoms with Crippen molar-refractivity contribution in [3.05, 3.63) is 89.5 Å². The average molecular weight is 366 g/mol. The first kappa shape index (κ1) is 18.3. The molecular formula is C21H24BO3P. The van der Waals surface area contributed by atoms with Gasteiger partial charge in [-0.1, -0.05) is 0 Å². The third-order valence-corrected chi connectivity index (χ3v) is 5.94. The second-order valence-corrected chi connectivity index (χ2v) is 8.80. The summed E-state index contributed by atoms with van der Waals surface area (Å²) in [5.74, 6) is 2.34. The van der Waals surface area contributed by atoms with Crippen molar-refractivity contribution in [3.63, 3.8) is 0 Å². The van der Waals surface area contributed by atoms with E-state index in [1.165, 1.54) is 0 Å². The van der Waals surface area contributed by atoms with E-state index in [9.17, 15) is 0 Å². The summed E-state index contributed by atoms with van der Waals surface area (Å²) in [6.45, 7) is 6.06. The van der Waals surface area contributed by atoms with Gasteiger partial charge < -0.3 is 0 Å². The van der Waals surface area contributed by atoms with Crippen LogP contribution in [0.5, 0.6) is 17.2 Å². The zero-order chi connectivity index (χ0) is 18.6. The Kier molecular flexibility index (Phi) is 5.53. The van der Waals surface area contributed by atoms with Gasteiger partial charge >= 0.3 is 156 Å². The third-order valence-electron chi connectivity index (χ3n) is 4.17. The Hall–Kier alpha value is -2.45. The van der Waals surface area contributed by atoms with Crippen LogP contribution in [0.2, 0.25) is 0 Å². The Morgan fingerprint density at radius 2 is 0.808 bits per heavy atom. The van der Waals surface area contributed by atoms with Gasteiger partial charge in [-0.05, 0) is 0 Å². The monoisotopic (exact) mass is 366 g/mol. The van der Waals surface area contributed by atoms with Gasteiger partial charge in [0.05, 0.1) is 0 Å². The molecule has 0 unspecified atom stereocenters. The molecule has 0 aliphatic carbocycles. The molecule has 0 atom stereocenters. The number of hydrogen-bond donors (Lipinski definition) is 0. The quantitative estimate of drug-likeness (QED) is 0.444. The molecule has 0 N–H and O–H groups in total. The molecule has 0 saturated heterocycles. The van der Waals surface area contributed by atoms with Gasteiger partial charge in [0.25, 0.3) is 0 Å². The van der Waals surface area contributed by atoms with Gasteiger partial charge in [-0.25, -0.2) is 0 Å². The minimum absolute atomic E-state index is 0.781. The van der Waals surface area contributed by atoms with Crippen LogP contribution in [-0.4, -0.2) is 7.57 Å². The number of aryl methyl sites for hydroxylation is 3. The Morgan fingerprint density at radius 3 is 1.08 bits per heavy atom. The molecule has 3 rings (SSSR count). The van der Waals surface area contributed by atoms with Gasteiger partial charge in [0.1, 0.15) is 0 Å². The van der Waals surface area contributed by atoms with Gasteiger partial charge in [0.2, 0.25) is 0 Å². The zero-order valence-electron chi connectivity index (χ0n) is 15.7. The van der Waals surface area contributed by atoms with Crippen LogP contribution in [0.4, 0.5) is 0 Å². The van der Waals surface area contributed by atoms with Crippen molar-refractivity contribution in [3.8, 4) is 17.2 Å². The molecule has 0 saturated carbocycles. The Labute approximate surface area is 156 Å². The van der Waals surface area contributed by atoms with Gasteiger partial charge in [-0.2, -0.15) is 0 Å². The van der Waals surface area contributed by atoms with Crippen molar-refractivity contribution >= 4 is 15.4 Å². The van der Waals surface area contributed by atoms with E-state index in [0.29, 0.717) is 0 Å². The van der Waals surface area contributed by atoms with E-state index in [1.54, 1.807) is 0 Å². The van der Waals surface area contributed by atoms with Crippen molar-refractivity contribution in [2.75, 3.05) is 0 Å². The first-order valence-electron chi connectivity index (χ1n) is 8.71. The summed E-state index contributed by atoms with van der Waals surface area (Å²) in [6, 6.07) is 23.7. The summed E-state index contributed by atoms with van der Waals surface area (Å²) in [7, 11) is -1.14. The SMILES string of the molecule is B[PH](Oc1ccccc1C)(Oc1ccccc1C)Oc1ccccc1C. The van der Waals surface area contributed by atoms with Gasteiger partial charge in [0, 0.05) is 0 Å². The van der Waals surface area contributed by atoms with Crippen molar-refractivity contribution < 1.29 is 13.6 Å². The maximum absolute atomic E-state index is 6.35. The molecule has 0 amide bonds. The van der Waals surface area contributed by atoms with Gasteiger partial charge in [-0.15, -0.1) is 0 Å². The summed E-state index contributed by atoms with van der Waals surface area (Å²) in [4.78, 5) is 0. The predicted molar refractivity (Wildman–Crippen MR) is 112 cm³/mol. The minimum atomic E-state index is -3.07. The Bertz CT molecular complexity index is 782. The van der Waals surface area contributed by atoms with E-state index in [4.69, 9.17) is 13.6 Å². The van der Waals surface area contributed by atoms with E-state index in [1.807, 2.05) is 101 Å². The average Bonchev–Trinajstić information content (AvgIpc) is 2.61. The summed E-state index contributed by atoms with van der Waals surface area (Å²) in [6.07, 6.45) is 0. The molecule has 134 valence electrons. The molecule has 0 aliphatic rings. The third kappa shape index (κ3) is 4.39. The summed E-state index contributed by atoms with van der Waals surface area (Å²) in [5, 5.41) is 0. The summed E-state index contributed by atoms with van der Waals surface area (Å²) < 4.78 is 19.0. The number of benzene rings is 3. The number of rotatable bonds is 6. The molecular weight excluding hydrogens is 342 g/mol. The molecule has 0 fully saturated rings. The van der Waals surface area contributed by atoms with Crippen LogP contribution >= 0.6 is 7.82 Å². The van der Waals surface area contributed by atoms with Crippen LogP contribution in [0.3, 0.4) is 0 Å². The fourth-order valence-electron chi connectivity index (χ4n) is 2.67. The van der Waals surface area contributed by atoms with Crippen molar-refractivity contribution in [1.29, 1.82) is 0 Å². The second kappa shape index (κ2) is 7.84. The molecule has 0 aliphatic heterocycles. The second-order valence-electron chi connectivity index (χ2n) is 6.47. The van der Waals surface area contributed by atoms with E-state index in [-0.39, 0.29) is 0 Å². The molecule has 0 heterocycles. The molecule has 0 spiro atoms. The van der Waals surface area contributed by atoms with Crippen LogP contribution in [-0.2, 0) is 0 Å². The molecule has 0 radical (unpaired) electrons. The Balaban J connectivity index is 1.96. The van der Waals surface area contributed by atoms with Crippen LogP contribution in [0.25, 0.3) is 0 Å².